The summed E-state index contributed by atoms with van der Waals surface area (Å²) >= 11 is 10.5. The predicted octanol–water partition coefficient (Wildman–Crippen LogP) is 1.09. The lowest BCUT2D eigenvalue weighted by atomic mass is 10.2. The van der Waals surface area contributed by atoms with Crippen molar-refractivity contribution in [1.82, 2.24) is 16.2 Å². The highest BCUT2D eigenvalue weighted by molar-refractivity contribution is 7.80. The second kappa shape index (κ2) is 9.54. The number of hydrazine groups is 1. The van der Waals surface area contributed by atoms with Crippen LogP contribution in [-0.4, -0.2) is 29.5 Å². The molecule has 0 heterocycles. The van der Waals surface area contributed by atoms with E-state index in [2.05, 4.69) is 20.9 Å². The second-order valence-corrected chi connectivity index (χ2v) is 4.83. The van der Waals surface area contributed by atoms with Gasteiger partial charge in [0.25, 0.3) is 5.91 Å². The third kappa shape index (κ3) is 7.39. The quantitative estimate of drug-likeness (QED) is 0.324. The number of carbonyl (C=O) groups is 3. The molecule has 0 spiro atoms. The summed E-state index contributed by atoms with van der Waals surface area (Å²) in [5.41, 5.74) is 5.02. The van der Waals surface area contributed by atoms with Crippen LogP contribution in [0.5, 0.6) is 0 Å². The Labute approximate surface area is 143 Å². The van der Waals surface area contributed by atoms with Crippen LogP contribution >= 0.6 is 23.8 Å². The summed E-state index contributed by atoms with van der Waals surface area (Å²) in [6.07, 6.45) is 1.93. The van der Waals surface area contributed by atoms with Gasteiger partial charge >= 0.3 is 5.97 Å². The molecule has 23 heavy (non-hydrogen) atoms. The van der Waals surface area contributed by atoms with Crippen LogP contribution in [-0.2, 0) is 14.3 Å². The summed E-state index contributed by atoms with van der Waals surface area (Å²) in [5, 5.41) is 2.62. The molecular weight excluding hydrogens is 342 g/mol. The zero-order chi connectivity index (χ0) is 17.2. The Balaban J connectivity index is 2.39. The molecule has 1 aromatic rings. The summed E-state index contributed by atoms with van der Waals surface area (Å²) in [5.74, 6) is -1.74. The van der Waals surface area contributed by atoms with E-state index in [0.717, 1.165) is 12.2 Å². The number of ether oxygens (including phenoxy) is 1. The first kappa shape index (κ1) is 18.6. The highest BCUT2D eigenvalue weighted by Crippen LogP contribution is 2.08. The molecule has 0 fully saturated rings. The first-order valence-electron chi connectivity index (χ1n) is 6.44. The van der Waals surface area contributed by atoms with Gasteiger partial charge in [0.05, 0.1) is 6.61 Å². The van der Waals surface area contributed by atoms with Gasteiger partial charge in [-0.2, -0.15) is 0 Å². The Morgan fingerprint density at radius 2 is 1.83 bits per heavy atom. The zero-order valence-electron chi connectivity index (χ0n) is 12.1. The van der Waals surface area contributed by atoms with E-state index in [0.29, 0.717) is 10.6 Å². The van der Waals surface area contributed by atoms with Crippen molar-refractivity contribution in [3.8, 4) is 0 Å². The number of rotatable bonds is 4. The van der Waals surface area contributed by atoms with Crippen LogP contribution in [0, 0.1) is 0 Å². The number of amides is 2. The molecule has 9 heteroatoms. The van der Waals surface area contributed by atoms with Gasteiger partial charge in [-0.3, -0.25) is 25.8 Å². The smallest absolute Gasteiger partial charge is 0.330 e. The van der Waals surface area contributed by atoms with E-state index in [4.69, 9.17) is 23.8 Å². The Kier molecular flexibility index (Phi) is 7.72. The molecule has 3 N–H and O–H groups in total. The van der Waals surface area contributed by atoms with Gasteiger partial charge in [-0.05, 0) is 43.4 Å². The number of thiocarbonyl (C=S) groups is 1. The molecule has 0 saturated carbocycles. The van der Waals surface area contributed by atoms with Gasteiger partial charge in [-0.15, -0.1) is 0 Å². The van der Waals surface area contributed by atoms with Gasteiger partial charge in [-0.1, -0.05) is 11.6 Å². The normalized spacial score (nSPS) is 10.0. The van der Waals surface area contributed by atoms with Crippen molar-refractivity contribution in [1.29, 1.82) is 0 Å². The maximum Gasteiger partial charge on any atom is 0.330 e. The van der Waals surface area contributed by atoms with Crippen LogP contribution in [0.25, 0.3) is 0 Å². The molecule has 0 atom stereocenters. The molecular formula is C14H14ClN3O4S. The number of esters is 1. The van der Waals surface area contributed by atoms with E-state index < -0.39 is 17.8 Å². The monoisotopic (exact) mass is 355 g/mol. The Bertz CT molecular complexity index is 631. The molecule has 0 aliphatic heterocycles. The molecule has 0 saturated heterocycles. The van der Waals surface area contributed by atoms with Crippen molar-refractivity contribution in [2.45, 2.75) is 6.92 Å². The maximum atomic E-state index is 11.8. The molecule has 0 aromatic heterocycles. The van der Waals surface area contributed by atoms with Crippen molar-refractivity contribution in [3.05, 3.63) is 47.0 Å². The topological polar surface area (TPSA) is 96.5 Å². The molecule has 122 valence electrons. The van der Waals surface area contributed by atoms with Gasteiger partial charge in [0.15, 0.2) is 5.11 Å². The molecule has 0 aliphatic rings. The van der Waals surface area contributed by atoms with Crippen molar-refractivity contribution in [2.24, 2.45) is 0 Å². The van der Waals surface area contributed by atoms with Crippen molar-refractivity contribution < 1.29 is 19.1 Å². The molecule has 7 nitrogen and oxygen atoms in total. The lowest BCUT2D eigenvalue weighted by molar-refractivity contribution is -0.137. The average Bonchev–Trinajstić information content (AvgIpc) is 2.51. The molecule has 0 radical (unpaired) electrons. The van der Waals surface area contributed by atoms with Crippen LogP contribution in [0.1, 0.15) is 17.3 Å². The number of hydrogen-bond donors (Lipinski definition) is 3. The summed E-state index contributed by atoms with van der Waals surface area (Å²) in [4.78, 5) is 34.2. The van der Waals surface area contributed by atoms with Crippen LogP contribution in [0.3, 0.4) is 0 Å². The fraction of sp³-hybridized carbons (Fsp3) is 0.143. The minimum atomic E-state index is -0.642. The standard InChI is InChI=1S/C14H14ClN3O4S/c1-2-22-12(20)8-7-11(19)16-14(23)18-17-13(21)9-3-5-10(15)6-4-9/h3-8H,2H2,1H3,(H,17,21)(H2,16,18,19,23)/b8-7+. The van der Waals surface area contributed by atoms with Gasteiger partial charge in [0.2, 0.25) is 5.91 Å². The van der Waals surface area contributed by atoms with E-state index in [-0.39, 0.29) is 11.7 Å². The minimum absolute atomic E-state index is 0.133. The van der Waals surface area contributed by atoms with Crippen molar-refractivity contribution >= 4 is 46.7 Å². The number of carbonyl (C=O) groups excluding carboxylic acids is 3. The van der Waals surface area contributed by atoms with Crippen molar-refractivity contribution in [2.75, 3.05) is 6.61 Å². The highest BCUT2D eigenvalue weighted by Gasteiger charge is 2.06. The molecule has 2 amide bonds. The fourth-order valence-electron chi connectivity index (χ4n) is 1.31. The van der Waals surface area contributed by atoms with Gasteiger partial charge < -0.3 is 4.74 Å². The maximum absolute atomic E-state index is 11.8. The van der Waals surface area contributed by atoms with E-state index in [9.17, 15) is 14.4 Å². The van der Waals surface area contributed by atoms with E-state index in [1.165, 1.54) is 12.1 Å². The lowest BCUT2D eigenvalue weighted by Crippen LogP contribution is -2.48. The minimum Gasteiger partial charge on any atom is -0.463 e. The Morgan fingerprint density at radius 3 is 2.43 bits per heavy atom. The summed E-state index contributed by atoms with van der Waals surface area (Å²) in [7, 11) is 0. The Morgan fingerprint density at radius 1 is 1.17 bits per heavy atom. The van der Waals surface area contributed by atoms with Crippen LogP contribution < -0.4 is 16.2 Å². The molecule has 0 unspecified atom stereocenters. The first-order valence-corrected chi connectivity index (χ1v) is 7.22. The zero-order valence-corrected chi connectivity index (χ0v) is 13.7. The molecule has 1 aromatic carbocycles. The largest absolute Gasteiger partial charge is 0.463 e. The van der Waals surface area contributed by atoms with Gasteiger partial charge in [-0.25, -0.2) is 4.79 Å². The van der Waals surface area contributed by atoms with Crippen LogP contribution in [0.4, 0.5) is 0 Å². The number of nitrogens with one attached hydrogen (secondary N) is 3. The van der Waals surface area contributed by atoms with Crippen molar-refractivity contribution in [3.63, 3.8) is 0 Å². The van der Waals surface area contributed by atoms with Gasteiger partial charge in [0, 0.05) is 22.7 Å². The molecule has 1 rings (SSSR count). The summed E-state index contributed by atoms with van der Waals surface area (Å²) in [6, 6.07) is 6.19. The average molecular weight is 356 g/mol. The SMILES string of the molecule is CCOC(=O)/C=C/C(=O)NC(=S)NNC(=O)c1ccc(Cl)cc1. The Hall–Kier alpha value is -2.45. The van der Waals surface area contributed by atoms with E-state index in [1.54, 1.807) is 19.1 Å². The van der Waals surface area contributed by atoms with Gasteiger partial charge in [0.1, 0.15) is 0 Å². The highest BCUT2D eigenvalue weighted by atomic mass is 35.5. The van der Waals surface area contributed by atoms with E-state index >= 15 is 0 Å². The summed E-state index contributed by atoms with van der Waals surface area (Å²) < 4.78 is 4.61. The fourth-order valence-corrected chi connectivity index (χ4v) is 1.58. The lowest BCUT2D eigenvalue weighted by Gasteiger charge is -2.09. The summed E-state index contributed by atoms with van der Waals surface area (Å²) in [6.45, 7) is 1.86. The molecule has 0 aliphatic carbocycles. The third-order valence-corrected chi connectivity index (χ3v) is 2.75. The number of benzene rings is 1. The number of hydrogen-bond acceptors (Lipinski definition) is 5. The van der Waals surface area contributed by atoms with Crippen LogP contribution in [0.15, 0.2) is 36.4 Å². The van der Waals surface area contributed by atoms with E-state index in [1.807, 2.05) is 0 Å². The number of halogens is 1. The molecule has 0 bridgehead atoms. The third-order valence-electron chi connectivity index (χ3n) is 2.29. The van der Waals surface area contributed by atoms with Crippen LogP contribution in [0.2, 0.25) is 5.02 Å². The predicted molar refractivity (Wildman–Crippen MR) is 88.6 cm³/mol. The first-order chi connectivity index (χ1) is 10.9. The second-order valence-electron chi connectivity index (χ2n) is 3.99.